The van der Waals surface area contributed by atoms with E-state index in [9.17, 15) is 9.59 Å². The number of imide groups is 1. The second-order valence-electron chi connectivity index (χ2n) is 4.11. The third-order valence-corrected chi connectivity index (χ3v) is 3.49. The van der Waals surface area contributed by atoms with E-state index in [1.54, 1.807) is 13.8 Å². The van der Waals surface area contributed by atoms with Gasteiger partial charge in [0.1, 0.15) is 5.54 Å². The first-order valence-corrected chi connectivity index (χ1v) is 6.18. The lowest BCUT2D eigenvalue weighted by Gasteiger charge is -2.22. The van der Waals surface area contributed by atoms with Crippen LogP contribution in [0.25, 0.3) is 0 Å². The molecule has 5 heteroatoms. The number of halogens is 1. The van der Waals surface area contributed by atoms with Gasteiger partial charge in [0, 0.05) is 11.0 Å². The van der Waals surface area contributed by atoms with Gasteiger partial charge in [-0.05, 0) is 31.5 Å². The minimum absolute atomic E-state index is 0.205. The average Bonchev–Trinajstić information content (AvgIpc) is 2.51. The summed E-state index contributed by atoms with van der Waals surface area (Å²) in [6.07, 6.45) is 0. The normalized spacial score (nSPS) is 24.1. The Hall–Kier alpha value is -1.36. The second kappa shape index (κ2) is 4.14. The van der Waals surface area contributed by atoms with E-state index >= 15 is 0 Å². The lowest BCUT2D eigenvalue weighted by atomic mass is 9.92. The molecule has 2 rings (SSSR count). The van der Waals surface area contributed by atoms with Crippen LogP contribution >= 0.6 is 15.9 Å². The van der Waals surface area contributed by atoms with Crippen molar-refractivity contribution >= 4 is 27.9 Å². The number of likely N-dealkylation sites (N-methyl/N-ethyl adjacent to an activating group) is 1. The fraction of sp³-hybridized carbons (Fsp3) is 0.333. The molecule has 1 saturated heterocycles. The third kappa shape index (κ3) is 1.84. The summed E-state index contributed by atoms with van der Waals surface area (Å²) in [5.41, 5.74) is -0.183. The molecular formula is C12H13BrN2O2. The molecule has 1 aromatic rings. The highest BCUT2D eigenvalue weighted by atomic mass is 79.9. The molecule has 17 heavy (non-hydrogen) atoms. The molecule has 3 amide bonds. The number of rotatable bonds is 2. The van der Waals surface area contributed by atoms with Crippen molar-refractivity contribution in [2.24, 2.45) is 0 Å². The number of nitrogens with one attached hydrogen (secondary N) is 1. The minimum atomic E-state index is -0.961. The summed E-state index contributed by atoms with van der Waals surface area (Å²) in [4.78, 5) is 25.1. The zero-order chi connectivity index (χ0) is 12.6. The van der Waals surface area contributed by atoms with Gasteiger partial charge in [0.25, 0.3) is 5.91 Å². The van der Waals surface area contributed by atoms with E-state index < -0.39 is 5.54 Å². The fourth-order valence-electron chi connectivity index (χ4n) is 1.98. The largest absolute Gasteiger partial charge is 0.325 e. The Bertz CT molecular complexity index is 489. The highest BCUT2D eigenvalue weighted by Gasteiger charge is 2.48. The van der Waals surface area contributed by atoms with Gasteiger partial charge in [-0.1, -0.05) is 28.1 Å². The van der Waals surface area contributed by atoms with Crippen LogP contribution in [-0.2, 0) is 10.3 Å². The molecule has 0 aliphatic carbocycles. The Morgan fingerprint density at radius 1 is 1.41 bits per heavy atom. The van der Waals surface area contributed by atoms with E-state index in [4.69, 9.17) is 0 Å². The first kappa shape index (κ1) is 12.1. The smallest absolute Gasteiger partial charge is 0.319 e. The number of hydrogen-bond acceptors (Lipinski definition) is 2. The van der Waals surface area contributed by atoms with E-state index in [0.29, 0.717) is 6.54 Å². The molecule has 0 saturated carbocycles. The van der Waals surface area contributed by atoms with Crippen LogP contribution in [0.15, 0.2) is 28.7 Å². The molecule has 1 atom stereocenters. The highest BCUT2D eigenvalue weighted by molar-refractivity contribution is 9.10. The number of nitrogens with zero attached hydrogens (tertiary/aromatic N) is 1. The van der Waals surface area contributed by atoms with Crippen molar-refractivity contribution in [3.05, 3.63) is 34.3 Å². The van der Waals surface area contributed by atoms with Gasteiger partial charge in [0.05, 0.1) is 0 Å². The number of carbonyl (C=O) groups excluding carboxylic acids is 2. The summed E-state index contributed by atoms with van der Waals surface area (Å²) < 4.78 is 0.883. The van der Waals surface area contributed by atoms with E-state index in [-0.39, 0.29) is 11.9 Å². The summed E-state index contributed by atoms with van der Waals surface area (Å²) in [5.74, 6) is -0.205. The molecule has 90 valence electrons. The molecule has 1 aromatic carbocycles. The second-order valence-corrected chi connectivity index (χ2v) is 5.03. The summed E-state index contributed by atoms with van der Waals surface area (Å²) in [7, 11) is 0. The lowest BCUT2D eigenvalue weighted by molar-refractivity contribution is -0.130. The monoisotopic (exact) mass is 296 g/mol. The predicted molar refractivity (Wildman–Crippen MR) is 67.4 cm³/mol. The number of carbonyl (C=O) groups is 2. The third-order valence-electron chi connectivity index (χ3n) is 2.99. The topological polar surface area (TPSA) is 49.4 Å². The van der Waals surface area contributed by atoms with Crippen LogP contribution in [0.1, 0.15) is 19.4 Å². The van der Waals surface area contributed by atoms with Gasteiger partial charge < -0.3 is 5.32 Å². The predicted octanol–water partition coefficient (Wildman–Crippen LogP) is 2.24. The Kier molecular flexibility index (Phi) is 2.95. The first-order valence-electron chi connectivity index (χ1n) is 5.39. The SMILES string of the molecule is CCN1C(=O)NC(C)(c2cccc(Br)c2)C1=O. The maximum absolute atomic E-state index is 12.2. The summed E-state index contributed by atoms with van der Waals surface area (Å²) >= 11 is 3.36. The summed E-state index contributed by atoms with van der Waals surface area (Å²) in [6.45, 7) is 3.89. The number of hydrogen-bond donors (Lipinski definition) is 1. The zero-order valence-electron chi connectivity index (χ0n) is 9.66. The number of amides is 3. The van der Waals surface area contributed by atoms with Crippen molar-refractivity contribution in [1.82, 2.24) is 10.2 Å². The number of urea groups is 1. The number of benzene rings is 1. The van der Waals surface area contributed by atoms with Crippen LogP contribution in [-0.4, -0.2) is 23.4 Å². The Morgan fingerprint density at radius 3 is 2.65 bits per heavy atom. The minimum Gasteiger partial charge on any atom is -0.319 e. The van der Waals surface area contributed by atoms with Gasteiger partial charge in [-0.3, -0.25) is 9.69 Å². The summed E-state index contributed by atoms with van der Waals surface area (Å²) in [5, 5.41) is 2.74. The van der Waals surface area contributed by atoms with Crippen molar-refractivity contribution in [2.45, 2.75) is 19.4 Å². The molecule has 4 nitrogen and oxygen atoms in total. The lowest BCUT2D eigenvalue weighted by Crippen LogP contribution is -2.40. The van der Waals surface area contributed by atoms with Gasteiger partial charge in [0.2, 0.25) is 0 Å². The van der Waals surface area contributed by atoms with E-state index in [2.05, 4.69) is 21.2 Å². The molecule has 0 spiro atoms. The van der Waals surface area contributed by atoms with E-state index in [1.807, 2.05) is 24.3 Å². The zero-order valence-corrected chi connectivity index (χ0v) is 11.2. The van der Waals surface area contributed by atoms with E-state index in [1.165, 1.54) is 4.90 Å². The van der Waals surface area contributed by atoms with Crippen LogP contribution in [0.4, 0.5) is 4.79 Å². The molecule has 1 fully saturated rings. The fourth-order valence-corrected chi connectivity index (χ4v) is 2.38. The van der Waals surface area contributed by atoms with Gasteiger partial charge in [-0.25, -0.2) is 4.79 Å². The van der Waals surface area contributed by atoms with Crippen molar-refractivity contribution in [3.8, 4) is 0 Å². The van der Waals surface area contributed by atoms with Gasteiger partial charge >= 0.3 is 6.03 Å². The molecule has 1 unspecified atom stereocenters. The first-order chi connectivity index (χ1) is 7.99. The molecule has 1 heterocycles. The van der Waals surface area contributed by atoms with Crippen LogP contribution in [0.3, 0.4) is 0 Å². The molecule has 1 aliphatic rings. The maximum atomic E-state index is 12.2. The molecule has 0 bridgehead atoms. The summed E-state index contributed by atoms with van der Waals surface area (Å²) in [6, 6.07) is 7.07. The van der Waals surface area contributed by atoms with Crippen molar-refractivity contribution < 1.29 is 9.59 Å². The standard InChI is InChI=1S/C12H13BrN2O2/c1-3-15-10(16)12(2,14-11(15)17)8-5-4-6-9(13)7-8/h4-7H,3H2,1-2H3,(H,14,17). The maximum Gasteiger partial charge on any atom is 0.325 e. The van der Waals surface area contributed by atoms with Crippen LogP contribution < -0.4 is 5.32 Å². The van der Waals surface area contributed by atoms with Crippen LogP contribution in [0.5, 0.6) is 0 Å². The van der Waals surface area contributed by atoms with Crippen LogP contribution in [0, 0.1) is 0 Å². The van der Waals surface area contributed by atoms with Gasteiger partial charge in [-0.2, -0.15) is 0 Å². The Labute approximate surface area is 108 Å². The highest BCUT2D eigenvalue weighted by Crippen LogP contribution is 2.30. The quantitative estimate of drug-likeness (QED) is 0.851. The van der Waals surface area contributed by atoms with Crippen molar-refractivity contribution in [2.75, 3.05) is 6.54 Å². The molecule has 0 radical (unpaired) electrons. The van der Waals surface area contributed by atoms with Gasteiger partial charge in [-0.15, -0.1) is 0 Å². The molecular weight excluding hydrogens is 284 g/mol. The van der Waals surface area contributed by atoms with Crippen LogP contribution in [0.2, 0.25) is 0 Å². The average molecular weight is 297 g/mol. The van der Waals surface area contributed by atoms with Crippen molar-refractivity contribution in [3.63, 3.8) is 0 Å². The van der Waals surface area contributed by atoms with Crippen molar-refractivity contribution in [1.29, 1.82) is 0 Å². The molecule has 1 aliphatic heterocycles. The Balaban J connectivity index is 2.45. The Morgan fingerprint density at radius 2 is 2.12 bits per heavy atom. The molecule has 0 aromatic heterocycles. The molecule has 1 N–H and O–H groups in total. The van der Waals surface area contributed by atoms with E-state index in [0.717, 1.165) is 10.0 Å². The van der Waals surface area contributed by atoms with Gasteiger partial charge in [0.15, 0.2) is 0 Å².